The summed E-state index contributed by atoms with van der Waals surface area (Å²) in [5.41, 5.74) is 4.07. The lowest BCUT2D eigenvalue weighted by atomic mass is 10.1. The van der Waals surface area contributed by atoms with Crippen LogP contribution in [0.25, 0.3) is 16.9 Å². The van der Waals surface area contributed by atoms with Crippen molar-refractivity contribution in [2.45, 2.75) is 6.42 Å². The third-order valence-corrected chi connectivity index (χ3v) is 4.15. The lowest BCUT2D eigenvalue weighted by Gasteiger charge is -2.04. The zero-order valence-corrected chi connectivity index (χ0v) is 13.8. The van der Waals surface area contributed by atoms with Crippen LogP contribution >= 0.6 is 0 Å². The van der Waals surface area contributed by atoms with Crippen LogP contribution in [0.2, 0.25) is 0 Å². The molecule has 0 saturated carbocycles. The Labute approximate surface area is 145 Å². The Morgan fingerprint density at radius 2 is 1.80 bits per heavy atom. The van der Waals surface area contributed by atoms with Crippen molar-refractivity contribution in [2.75, 3.05) is 7.11 Å². The molecule has 0 spiro atoms. The average Bonchev–Trinajstić information content (AvgIpc) is 2.98. The van der Waals surface area contributed by atoms with Crippen molar-refractivity contribution in [2.24, 2.45) is 0 Å². The summed E-state index contributed by atoms with van der Waals surface area (Å²) in [7, 11) is 1.64. The van der Waals surface area contributed by atoms with Gasteiger partial charge in [-0.25, -0.2) is 4.98 Å². The van der Waals surface area contributed by atoms with E-state index in [9.17, 15) is 5.11 Å². The Kier molecular flexibility index (Phi) is 3.82. The molecular formula is C20H17N3O2. The number of methoxy groups -OCH3 is 1. The first-order valence-corrected chi connectivity index (χ1v) is 7.99. The summed E-state index contributed by atoms with van der Waals surface area (Å²) in [6.07, 6.45) is 4.05. The molecule has 124 valence electrons. The van der Waals surface area contributed by atoms with Gasteiger partial charge in [0.25, 0.3) is 0 Å². The summed E-state index contributed by atoms with van der Waals surface area (Å²) in [5, 5.41) is 10.6. The molecule has 0 radical (unpaired) electrons. The monoisotopic (exact) mass is 331 g/mol. The molecule has 1 N–H and O–H groups in total. The molecule has 2 aromatic carbocycles. The standard InChI is InChI=1S/C20H17N3O2/c1-25-16-9-7-15(8-10-16)18-13-23-19(12-21-18)22-17(20(23)24)11-14-5-3-2-4-6-14/h2-10,12-13,24H,11H2,1H3. The third kappa shape index (κ3) is 2.92. The maximum atomic E-state index is 10.6. The van der Waals surface area contributed by atoms with Crippen LogP contribution in [0.15, 0.2) is 67.0 Å². The minimum atomic E-state index is 0.149. The maximum absolute atomic E-state index is 10.6. The average molecular weight is 331 g/mol. The van der Waals surface area contributed by atoms with Crippen molar-refractivity contribution in [1.82, 2.24) is 14.4 Å². The maximum Gasteiger partial charge on any atom is 0.219 e. The molecule has 4 aromatic rings. The summed E-state index contributed by atoms with van der Waals surface area (Å²) in [6.45, 7) is 0. The summed E-state index contributed by atoms with van der Waals surface area (Å²) < 4.78 is 6.85. The lowest BCUT2D eigenvalue weighted by molar-refractivity contribution is 0.415. The molecule has 0 atom stereocenters. The highest BCUT2D eigenvalue weighted by Gasteiger charge is 2.13. The molecule has 4 rings (SSSR count). The molecule has 0 bridgehead atoms. The number of fused-ring (bicyclic) bond motifs is 1. The number of imidazole rings is 1. The van der Waals surface area contributed by atoms with Crippen LogP contribution in [0.1, 0.15) is 11.3 Å². The molecule has 0 unspecified atom stereocenters. The first-order chi connectivity index (χ1) is 12.2. The highest BCUT2D eigenvalue weighted by molar-refractivity contribution is 5.61. The normalized spacial score (nSPS) is 10.9. The summed E-state index contributed by atoms with van der Waals surface area (Å²) in [6, 6.07) is 17.6. The Bertz CT molecular complexity index is 1010. The first-order valence-electron chi connectivity index (χ1n) is 7.99. The molecule has 2 aromatic heterocycles. The third-order valence-electron chi connectivity index (χ3n) is 4.15. The minimum Gasteiger partial charge on any atom is -0.497 e. The number of nitrogens with zero attached hydrogens (tertiary/aromatic N) is 3. The van der Waals surface area contributed by atoms with Crippen LogP contribution in [0.4, 0.5) is 0 Å². The van der Waals surface area contributed by atoms with Crippen LogP contribution in [-0.4, -0.2) is 26.6 Å². The van der Waals surface area contributed by atoms with E-state index in [1.165, 1.54) is 0 Å². The van der Waals surface area contributed by atoms with Gasteiger partial charge in [-0.05, 0) is 29.8 Å². The predicted molar refractivity (Wildman–Crippen MR) is 95.9 cm³/mol. The van der Waals surface area contributed by atoms with Crippen molar-refractivity contribution in [3.63, 3.8) is 0 Å². The van der Waals surface area contributed by atoms with Gasteiger partial charge in [0.05, 0.1) is 19.0 Å². The van der Waals surface area contributed by atoms with Crippen molar-refractivity contribution in [1.29, 1.82) is 0 Å². The summed E-state index contributed by atoms with van der Waals surface area (Å²) in [5.74, 6) is 0.941. The van der Waals surface area contributed by atoms with Gasteiger partial charge in [-0.15, -0.1) is 0 Å². The van der Waals surface area contributed by atoms with Gasteiger partial charge in [-0.3, -0.25) is 9.38 Å². The van der Waals surface area contributed by atoms with E-state index in [1.807, 2.05) is 54.6 Å². The van der Waals surface area contributed by atoms with Crippen molar-refractivity contribution in [3.05, 3.63) is 78.2 Å². The van der Waals surface area contributed by atoms with Crippen LogP contribution in [0.3, 0.4) is 0 Å². The number of hydrogen-bond donors (Lipinski definition) is 1. The lowest BCUT2D eigenvalue weighted by Crippen LogP contribution is -1.91. The molecule has 5 nitrogen and oxygen atoms in total. The number of ether oxygens (including phenoxy) is 1. The topological polar surface area (TPSA) is 59.7 Å². The number of benzene rings is 2. The predicted octanol–water partition coefficient (Wildman–Crippen LogP) is 3.70. The SMILES string of the molecule is COc1ccc(-c2cn3c(O)c(Cc4ccccc4)nc3cn2)cc1. The molecule has 0 aliphatic carbocycles. The quantitative estimate of drug-likeness (QED) is 0.619. The summed E-state index contributed by atoms with van der Waals surface area (Å²) >= 11 is 0. The number of hydrogen-bond acceptors (Lipinski definition) is 4. The Hall–Kier alpha value is -3.34. The Morgan fingerprint density at radius 1 is 1.04 bits per heavy atom. The number of aromatic hydroxyl groups is 1. The molecule has 0 fully saturated rings. The van der Waals surface area contributed by atoms with Crippen LogP contribution < -0.4 is 4.74 Å². The molecule has 5 heteroatoms. The number of rotatable bonds is 4. The molecule has 0 aliphatic heterocycles. The molecule has 2 heterocycles. The van der Waals surface area contributed by atoms with Crippen molar-refractivity contribution >= 4 is 5.65 Å². The van der Waals surface area contributed by atoms with Crippen LogP contribution in [0.5, 0.6) is 11.6 Å². The van der Waals surface area contributed by atoms with E-state index in [0.717, 1.165) is 22.6 Å². The van der Waals surface area contributed by atoms with Crippen LogP contribution in [0, 0.1) is 0 Å². The second kappa shape index (κ2) is 6.28. The smallest absolute Gasteiger partial charge is 0.219 e. The van der Waals surface area contributed by atoms with E-state index in [4.69, 9.17) is 4.74 Å². The van der Waals surface area contributed by atoms with Gasteiger partial charge >= 0.3 is 0 Å². The Morgan fingerprint density at radius 3 is 2.52 bits per heavy atom. The van der Waals surface area contributed by atoms with Crippen LogP contribution in [-0.2, 0) is 6.42 Å². The fraction of sp³-hybridized carbons (Fsp3) is 0.100. The van der Waals surface area contributed by atoms with Crippen molar-refractivity contribution in [3.8, 4) is 22.9 Å². The molecule has 0 amide bonds. The largest absolute Gasteiger partial charge is 0.497 e. The molecule has 0 aliphatic rings. The highest BCUT2D eigenvalue weighted by Crippen LogP contribution is 2.25. The van der Waals surface area contributed by atoms with E-state index in [-0.39, 0.29) is 5.88 Å². The van der Waals surface area contributed by atoms with E-state index in [1.54, 1.807) is 23.9 Å². The van der Waals surface area contributed by atoms with Gasteiger partial charge in [-0.2, -0.15) is 0 Å². The second-order valence-electron chi connectivity index (χ2n) is 5.77. The van der Waals surface area contributed by atoms with E-state index < -0.39 is 0 Å². The zero-order chi connectivity index (χ0) is 17.2. The summed E-state index contributed by atoms with van der Waals surface area (Å²) in [4.78, 5) is 8.96. The zero-order valence-electron chi connectivity index (χ0n) is 13.8. The van der Waals surface area contributed by atoms with E-state index >= 15 is 0 Å². The van der Waals surface area contributed by atoms with Gasteiger partial charge in [-0.1, -0.05) is 30.3 Å². The number of aromatic nitrogens is 3. The van der Waals surface area contributed by atoms with E-state index in [0.29, 0.717) is 17.8 Å². The molecular weight excluding hydrogens is 314 g/mol. The fourth-order valence-corrected chi connectivity index (χ4v) is 2.81. The second-order valence-corrected chi connectivity index (χ2v) is 5.77. The Balaban J connectivity index is 1.71. The van der Waals surface area contributed by atoms with Gasteiger partial charge in [0.2, 0.25) is 5.88 Å². The van der Waals surface area contributed by atoms with Crippen molar-refractivity contribution < 1.29 is 9.84 Å². The fourth-order valence-electron chi connectivity index (χ4n) is 2.81. The first kappa shape index (κ1) is 15.2. The highest BCUT2D eigenvalue weighted by atomic mass is 16.5. The molecule has 25 heavy (non-hydrogen) atoms. The van der Waals surface area contributed by atoms with E-state index in [2.05, 4.69) is 9.97 Å². The molecule has 0 saturated heterocycles. The minimum absolute atomic E-state index is 0.149. The van der Waals surface area contributed by atoms with Gasteiger partial charge in [0.15, 0.2) is 5.65 Å². The van der Waals surface area contributed by atoms with Gasteiger partial charge < -0.3 is 9.84 Å². The van der Waals surface area contributed by atoms with Gasteiger partial charge in [0.1, 0.15) is 11.4 Å². The van der Waals surface area contributed by atoms with Gasteiger partial charge in [0, 0.05) is 18.2 Å².